The second-order valence-electron chi connectivity index (χ2n) is 8.99. The first-order chi connectivity index (χ1) is 16.9. The molecule has 184 valence electrons. The van der Waals surface area contributed by atoms with Crippen LogP contribution in [0.25, 0.3) is 0 Å². The number of hydrogen-bond acceptors (Lipinski definition) is 9. The predicted octanol–water partition coefficient (Wildman–Crippen LogP) is 2.80. The van der Waals surface area contributed by atoms with Crippen molar-refractivity contribution >= 4 is 33.2 Å². The van der Waals surface area contributed by atoms with Crippen molar-refractivity contribution in [2.45, 2.75) is 37.8 Å². The van der Waals surface area contributed by atoms with Gasteiger partial charge < -0.3 is 10.6 Å². The molecule has 0 amide bonds. The molecule has 11 heteroatoms. The molecular formula is C24H27N5O4S2. The average molecular weight is 514 g/mol. The van der Waals surface area contributed by atoms with Crippen molar-refractivity contribution in [1.82, 2.24) is 15.3 Å². The largest absolute Gasteiger partial charge is 0.367 e. The molecule has 0 radical (unpaired) electrons. The summed E-state index contributed by atoms with van der Waals surface area (Å²) < 4.78 is 26.9. The summed E-state index contributed by atoms with van der Waals surface area (Å²) >= 11 is 1.42. The maximum Gasteiger partial charge on any atom is 0.333 e. The van der Waals surface area contributed by atoms with E-state index in [1.54, 1.807) is 6.20 Å². The Kier molecular flexibility index (Phi) is 6.94. The Morgan fingerprint density at radius 3 is 3.00 bits per heavy atom. The van der Waals surface area contributed by atoms with Gasteiger partial charge in [-0.05, 0) is 59.7 Å². The summed E-state index contributed by atoms with van der Waals surface area (Å²) in [4.78, 5) is 22.5. The number of thiophene rings is 1. The molecular weight excluding hydrogens is 486 g/mol. The topological polar surface area (TPSA) is 136 Å². The summed E-state index contributed by atoms with van der Waals surface area (Å²) in [6, 6.07) is 10.5. The van der Waals surface area contributed by atoms with Gasteiger partial charge >= 0.3 is 10.3 Å². The molecule has 2 unspecified atom stereocenters. The highest BCUT2D eigenvalue weighted by atomic mass is 32.2. The van der Waals surface area contributed by atoms with Crippen LogP contribution in [0.15, 0.2) is 48.2 Å². The van der Waals surface area contributed by atoms with Gasteiger partial charge in [-0.15, -0.1) is 11.3 Å². The molecule has 1 aliphatic heterocycles. The number of benzene rings is 1. The van der Waals surface area contributed by atoms with Gasteiger partial charge in [-0.3, -0.25) is 8.98 Å². The Bertz CT molecular complexity index is 1330. The van der Waals surface area contributed by atoms with Crippen LogP contribution in [-0.4, -0.2) is 43.4 Å². The molecule has 4 N–H and O–H groups in total. The second kappa shape index (κ2) is 10.1. The third-order valence-corrected chi connectivity index (χ3v) is 8.00. The highest BCUT2D eigenvalue weighted by Crippen LogP contribution is 2.33. The molecule has 0 spiro atoms. The van der Waals surface area contributed by atoms with E-state index in [4.69, 9.17) is 9.32 Å². The second-order valence-corrected chi connectivity index (χ2v) is 11.1. The lowest BCUT2D eigenvalue weighted by Gasteiger charge is -2.26. The van der Waals surface area contributed by atoms with Gasteiger partial charge in [-0.2, -0.15) is 8.42 Å². The number of aromatic nitrogens is 2. The maximum atomic E-state index is 13.4. The SMILES string of the molecule is NS(=O)(=O)OC[C@@H]1CCC(Nc2ncncc2C(=O)c2cc(C3NCCc4ccccc43)cs2)C1. The van der Waals surface area contributed by atoms with Crippen LogP contribution in [-0.2, 0) is 20.9 Å². The standard InChI is InChI=1S/C24H27N5O4S2/c25-35(31,32)33-12-15-5-6-18(9-15)29-24-20(11-26-14-28-24)23(30)21-10-17(13-34-21)22-19-4-2-1-3-16(19)7-8-27-22/h1-4,10-11,13-15,18,22,27H,5-9,12H2,(H2,25,31,32)(H,26,28,29)/t15-,18?,22?/m1/s1. The van der Waals surface area contributed by atoms with Crippen LogP contribution in [0.1, 0.15) is 57.2 Å². The lowest BCUT2D eigenvalue weighted by Crippen LogP contribution is -2.30. The van der Waals surface area contributed by atoms with Crippen LogP contribution in [0.2, 0.25) is 0 Å². The molecule has 0 saturated heterocycles. The average Bonchev–Trinajstić information content (AvgIpc) is 3.52. The summed E-state index contributed by atoms with van der Waals surface area (Å²) in [6.07, 6.45) is 6.26. The summed E-state index contributed by atoms with van der Waals surface area (Å²) in [6.45, 7) is 0.953. The minimum atomic E-state index is -3.95. The van der Waals surface area contributed by atoms with Crippen molar-refractivity contribution < 1.29 is 17.4 Å². The van der Waals surface area contributed by atoms with Crippen molar-refractivity contribution in [2.24, 2.45) is 11.1 Å². The number of carbonyl (C=O) groups excluding carboxylic acids is 1. The highest BCUT2D eigenvalue weighted by molar-refractivity contribution is 7.84. The van der Waals surface area contributed by atoms with Gasteiger partial charge in [-0.25, -0.2) is 15.1 Å². The van der Waals surface area contributed by atoms with Gasteiger partial charge in [0.05, 0.1) is 23.1 Å². The van der Waals surface area contributed by atoms with Gasteiger partial charge in [-0.1, -0.05) is 24.3 Å². The van der Waals surface area contributed by atoms with Crippen LogP contribution < -0.4 is 15.8 Å². The minimum absolute atomic E-state index is 0.0485. The van der Waals surface area contributed by atoms with Crippen molar-refractivity contribution in [3.8, 4) is 0 Å². The van der Waals surface area contributed by atoms with E-state index in [0.717, 1.165) is 31.4 Å². The fraction of sp³-hybridized carbons (Fsp3) is 0.375. The molecule has 5 rings (SSSR count). The normalized spacial score (nSPS) is 22.0. The van der Waals surface area contributed by atoms with E-state index < -0.39 is 10.3 Å². The van der Waals surface area contributed by atoms with Crippen LogP contribution in [0.5, 0.6) is 0 Å². The molecule has 1 fully saturated rings. The van der Waals surface area contributed by atoms with E-state index in [1.165, 1.54) is 28.8 Å². The fourth-order valence-corrected chi connectivity index (χ4v) is 6.18. The van der Waals surface area contributed by atoms with Gasteiger partial charge in [0.25, 0.3) is 0 Å². The van der Waals surface area contributed by atoms with Gasteiger partial charge in [0.2, 0.25) is 5.78 Å². The Balaban J connectivity index is 1.29. The molecule has 35 heavy (non-hydrogen) atoms. The Morgan fingerprint density at radius 1 is 1.29 bits per heavy atom. The number of rotatable bonds is 8. The number of carbonyl (C=O) groups is 1. The van der Waals surface area contributed by atoms with E-state index in [9.17, 15) is 13.2 Å². The first kappa shape index (κ1) is 24.0. The molecule has 1 saturated carbocycles. The zero-order chi connectivity index (χ0) is 24.4. The summed E-state index contributed by atoms with van der Waals surface area (Å²) in [5.74, 6) is 0.428. The number of hydrogen-bond donors (Lipinski definition) is 3. The van der Waals surface area contributed by atoms with Gasteiger partial charge in [0, 0.05) is 18.8 Å². The minimum Gasteiger partial charge on any atom is -0.367 e. The molecule has 2 aliphatic rings. The van der Waals surface area contributed by atoms with E-state index in [0.29, 0.717) is 22.7 Å². The number of anilines is 1. The first-order valence-corrected chi connectivity index (χ1v) is 13.9. The van der Waals surface area contributed by atoms with Gasteiger partial charge in [0.15, 0.2) is 0 Å². The molecule has 9 nitrogen and oxygen atoms in total. The van der Waals surface area contributed by atoms with Crippen LogP contribution in [0.4, 0.5) is 5.82 Å². The summed E-state index contributed by atoms with van der Waals surface area (Å²) in [5, 5.41) is 13.9. The van der Waals surface area contributed by atoms with Crippen molar-refractivity contribution in [3.05, 3.63) is 75.4 Å². The predicted molar refractivity (Wildman–Crippen MR) is 134 cm³/mol. The lowest BCUT2D eigenvalue weighted by atomic mass is 9.91. The molecule has 1 aromatic carbocycles. The van der Waals surface area contributed by atoms with Crippen LogP contribution in [0, 0.1) is 5.92 Å². The third kappa shape index (κ3) is 5.60. The quantitative estimate of drug-likeness (QED) is 0.391. The molecule has 1 aliphatic carbocycles. The number of ketones is 1. The van der Waals surface area contributed by atoms with Crippen LogP contribution in [0.3, 0.4) is 0 Å². The smallest absolute Gasteiger partial charge is 0.333 e. The van der Waals surface area contributed by atoms with E-state index >= 15 is 0 Å². The van der Waals surface area contributed by atoms with Crippen molar-refractivity contribution in [1.29, 1.82) is 0 Å². The Hall–Kier alpha value is -2.70. The Morgan fingerprint density at radius 2 is 2.14 bits per heavy atom. The monoisotopic (exact) mass is 513 g/mol. The lowest BCUT2D eigenvalue weighted by molar-refractivity contribution is 0.104. The number of fused-ring (bicyclic) bond motifs is 1. The van der Waals surface area contributed by atoms with E-state index in [2.05, 4.69) is 38.8 Å². The van der Waals surface area contributed by atoms with E-state index in [-0.39, 0.29) is 30.4 Å². The third-order valence-electron chi connectivity index (χ3n) is 6.59. The van der Waals surface area contributed by atoms with E-state index in [1.807, 2.05) is 17.5 Å². The number of nitrogens with two attached hydrogens (primary N) is 1. The molecule has 0 bridgehead atoms. The molecule has 3 aromatic rings. The Labute approximate surface area is 208 Å². The highest BCUT2D eigenvalue weighted by Gasteiger charge is 2.28. The number of nitrogens with one attached hydrogen (secondary N) is 2. The zero-order valence-corrected chi connectivity index (χ0v) is 20.6. The molecule has 3 heterocycles. The van der Waals surface area contributed by atoms with Crippen molar-refractivity contribution in [3.63, 3.8) is 0 Å². The van der Waals surface area contributed by atoms with Crippen molar-refractivity contribution in [2.75, 3.05) is 18.5 Å². The zero-order valence-electron chi connectivity index (χ0n) is 19.0. The summed E-state index contributed by atoms with van der Waals surface area (Å²) in [7, 11) is -3.95. The summed E-state index contributed by atoms with van der Waals surface area (Å²) in [5.41, 5.74) is 4.08. The first-order valence-electron chi connectivity index (χ1n) is 11.6. The fourth-order valence-electron chi connectivity index (χ4n) is 4.91. The maximum absolute atomic E-state index is 13.4. The number of nitrogens with zero attached hydrogens (tertiary/aromatic N) is 2. The molecule has 2 aromatic heterocycles. The van der Waals surface area contributed by atoms with Crippen LogP contribution >= 0.6 is 11.3 Å². The van der Waals surface area contributed by atoms with Gasteiger partial charge in [0.1, 0.15) is 12.1 Å². The molecule has 3 atom stereocenters.